The second-order valence-electron chi connectivity index (χ2n) is 7.01. The molecule has 0 spiro atoms. The molecule has 1 aliphatic rings. The Morgan fingerprint density at radius 2 is 1.78 bits per heavy atom. The molecule has 0 N–H and O–H groups in total. The first-order chi connectivity index (χ1) is 15.3. The number of nitrogens with zero attached hydrogens (tertiary/aromatic N) is 4. The summed E-state index contributed by atoms with van der Waals surface area (Å²) >= 11 is 0. The number of rotatable bonds is 5. The molecule has 0 bridgehead atoms. The van der Waals surface area contributed by atoms with Crippen LogP contribution in [-0.4, -0.2) is 59.8 Å². The van der Waals surface area contributed by atoms with E-state index in [9.17, 15) is 27.7 Å². The van der Waals surface area contributed by atoms with Gasteiger partial charge in [-0.25, -0.2) is 12.8 Å². The lowest BCUT2D eigenvalue weighted by molar-refractivity contribution is -0.385. The zero-order valence-corrected chi connectivity index (χ0v) is 17.4. The summed E-state index contributed by atoms with van der Waals surface area (Å²) < 4.78 is 45.9. The summed E-state index contributed by atoms with van der Waals surface area (Å²) in [6.07, 6.45) is 0. The van der Waals surface area contributed by atoms with E-state index in [1.54, 1.807) is 6.07 Å². The summed E-state index contributed by atoms with van der Waals surface area (Å²) in [4.78, 5) is 24.3. The fraction of sp³-hybridized carbons (Fsp3) is 0.200. The van der Waals surface area contributed by atoms with E-state index in [1.807, 2.05) is 0 Å². The standard InChI is InChI=1S/C20H17FN4O6S/c21-17-7-2-1-6-16(17)19-13-18(22-31-19)20(26)23-8-10-24(11-9-23)32(29,30)15-5-3-4-14(12-15)25(27)28/h1-7,12-13H,8-11H2. The highest BCUT2D eigenvalue weighted by atomic mass is 32.2. The van der Waals surface area contributed by atoms with Crippen molar-refractivity contribution in [3.05, 3.63) is 76.2 Å². The topological polar surface area (TPSA) is 127 Å². The molecular weight excluding hydrogens is 443 g/mol. The average molecular weight is 460 g/mol. The predicted molar refractivity (Wildman–Crippen MR) is 110 cm³/mol. The molecule has 1 fully saturated rings. The van der Waals surface area contributed by atoms with Crippen LogP contribution in [0.5, 0.6) is 0 Å². The van der Waals surface area contributed by atoms with Crippen molar-refractivity contribution in [3.8, 4) is 11.3 Å². The van der Waals surface area contributed by atoms with Crippen LogP contribution >= 0.6 is 0 Å². The number of sulfonamides is 1. The number of nitro groups is 1. The first-order valence-electron chi connectivity index (χ1n) is 9.53. The van der Waals surface area contributed by atoms with E-state index in [0.29, 0.717) is 0 Å². The first-order valence-corrected chi connectivity index (χ1v) is 11.0. The Morgan fingerprint density at radius 1 is 1.06 bits per heavy atom. The van der Waals surface area contributed by atoms with Gasteiger partial charge < -0.3 is 9.42 Å². The molecule has 1 aromatic heterocycles. The van der Waals surface area contributed by atoms with Gasteiger partial charge in [-0.2, -0.15) is 4.31 Å². The van der Waals surface area contributed by atoms with Crippen molar-refractivity contribution in [1.29, 1.82) is 0 Å². The molecule has 2 aromatic carbocycles. The minimum absolute atomic E-state index is 0.00872. The van der Waals surface area contributed by atoms with Crippen LogP contribution in [-0.2, 0) is 10.0 Å². The Bertz CT molecular complexity index is 1280. The number of amides is 1. The number of hydrogen-bond donors (Lipinski definition) is 0. The van der Waals surface area contributed by atoms with Gasteiger partial charge in [0.05, 0.1) is 15.4 Å². The second kappa shape index (κ2) is 8.48. The summed E-state index contributed by atoms with van der Waals surface area (Å²) in [7, 11) is -3.95. The Hall–Kier alpha value is -3.64. The zero-order valence-electron chi connectivity index (χ0n) is 16.5. The smallest absolute Gasteiger partial charge is 0.276 e. The van der Waals surface area contributed by atoms with E-state index in [0.717, 1.165) is 6.07 Å². The minimum Gasteiger partial charge on any atom is -0.355 e. The molecule has 10 nitrogen and oxygen atoms in total. The summed E-state index contributed by atoms with van der Waals surface area (Å²) in [6.45, 7) is 0.202. The van der Waals surface area contributed by atoms with Crippen LogP contribution in [0, 0.1) is 15.9 Å². The van der Waals surface area contributed by atoms with Crippen LogP contribution in [0.1, 0.15) is 10.5 Å². The van der Waals surface area contributed by atoms with Crippen LogP contribution in [0.15, 0.2) is 64.0 Å². The molecule has 2 heterocycles. The Balaban J connectivity index is 1.45. The zero-order chi connectivity index (χ0) is 22.9. The van der Waals surface area contributed by atoms with Gasteiger partial charge >= 0.3 is 0 Å². The molecule has 3 aromatic rings. The van der Waals surface area contributed by atoms with Crippen LogP contribution in [0.2, 0.25) is 0 Å². The van der Waals surface area contributed by atoms with Crippen LogP contribution in [0.4, 0.5) is 10.1 Å². The van der Waals surface area contributed by atoms with Crippen molar-refractivity contribution in [2.24, 2.45) is 0 Å². The highest BCUT2D eigenvalue weighted by Gasteiger charge is 2.32. The number of non-ortho nitro benzene ring substituents is 1. The van der Waals surface area contributed by atoms with Gasteiger partial charge in [-0.15, -0.1) is 0 Å². The van der Waals surface area contributed by atoms with Crippen LogP contribution < -0.4 is 0 Å². The fourth-order valence-corrected chi connectivity index (χ4v) is 4.83. The molecule has 0 atom stereocenters. The Labute approximate surface area is 182 Å². The first kappa shape index (κ1) is 21.6. The summed E-state index contributed by atoms with van der Waals surface area (Å²) in [5.41, 5.74) is -0.165. The molecule has 12 heteroatoms. The number of piperazine rings is 1. The number of carbonyl (C=O) groups is 1. The van der Waals surface area contributed by atoms with Gasteiger partial charge in [-0.3, -0.25) is 14.9 Å². The normalized spacial score (nSPS) is 15.0. The molecule has 0 radical (unpaired) electrons. The van der Waals surface area contributed by atoms with Gasteiger partial charge in [0.15, 0.2) is 11.5 Å². The van der Waals surface area contributed by atoms with Crippen LogP contribution in [0.25, 0.3) is 11.3 Å². The van der Waals surface area contributed by atoms with Gasteiger partial charge in [-0.1, -0.05) is 23.4 Å². The van der Waals surface area contributed by atoms with Crippen molar-refractivity contribution >= 4 is 21.6 Å². The lowest BCUT2D eigenvalue weighted by Gasteiger charge is -2.33. The van der Waals surface area contributed by atoms with Crippen molar-refractivity contribution in [3.63, 3.8) is 0 Å². The van der Waals surface area contributed by atoms with Gasteiger partial charge in [0.25, 0.3) is 11.6 Å². The monoisotopic (exact) mass is 460 g/mol. The molecule has 0 aliphatic carbocycles. The van der Waals surface area contributed by atoms with E-state index < -0.39 is 26.7 Å². The van der Waals surface area contributed by atoms with E-state index >= 15 is 0 Å². The second-order valence-corrected chi connectivity index (χ2v) is 8.94. The maximum atomic E-state index is 13.9. The van der Waals surface area contributed by atoms with Crippen molar-refractivity contribution in [1.82, 2.24) is 14.4 Å². The highest BCUT2D eigenvalue weighted by molar-refractivity contribution is 7.89. The molecule has 0 unspecified atom stereocenters. The summed E-state index contributed by atoms with van der Waals surface area (Å²) in [5.74, 6) is -0.871. The van der Waals surface area contributed by atoms with Gasteiger partial charge in [0.1, 0.15) is 5.82 Å². The number of aromatic nitrogens is 1. The molecule has 4 rings (SSSR count). The number of benzene rings is 2. The maximum absolute atomic E-state index is 13.9. The van der Waals surface area contributed by atoms with Gasteiger partial charge in [0.2, 0.25) is 10.0 Å². The predicted octanol–water partition coefficient (Wildman–Crippen LogP) is 2.54. The van der Waals surface area contributed by atoms with Crippen LogP contribution in [0.3, 0.4) is 0 Å². The lowest BCUT2D eigenvalue weighted by atomic mass is 10.1. The van der Waals surface area contributed by atoms with E-state index in [1.165, 1.54) is 51.7 Å². The van der Waals surface area contributed by atoms with E-state index in [-0.39, 0.29) is 53.8 Å². The third-order valence-corrected chi connectivity index (χ3v) is 6.96. The number of hydrogen-bond acceptors (Lipinski definition) is 7. The lowest BCUT2D eigenvalue weighted by Crippen LogP contribution is -2.50. The Morgan fingerprint density at radius 3 is 2.47 bits per heavy atom. The molecule has 166 valence electrons. The molecule has 1 aliphatic heterocycles. The number of halogens is 1. The van der Waals surface area contributed by atoms with Crippen molar-refractivity contribution < 1.29 is 27.0 Å². The number of carbonyl (C=O) groups excluding carboxylic acids is 1. The van der Waals surface area contributed by atoms with Gasteiger partial charge in [0, 0.05) is 44.4 Å². The SMILES string of the molecule is O=C(c1cc(-c2ccccc2F)on1)N1CCN(S(=O)(=O)c2cccc([N+](=O)[O-])c2)CC1. The fourth-order valence-electron chi connectivity index (χ4n) is 3.36. The van der Waals surface area contributed by atoms with Crippen molar-refractivity contribution in [2.75, 3.05) is 26.2 Å². The molecule has 0 saturated carbocycles. The molecular formula is C20H17FN4O6S. The summed E-state index contributed by atoms with van der Waals surface area (Å²) in [6, 6.07) is 12.1. The maximum Gasteiger partial charge on any atom is 0.276 e. The van der Waals surface area contributed by atoms with Gasteiger partial charge in [-0.05, 0) is 18.2 Å². The molecule has 1 amide bonds. The molecule has 32 heavy (non-hydrogen) atoms. The van der Waals surface area contributed by atoms with Crippen molar-refractivity contribution in [2.45, 2.75) is 4.90 Å². The minimum atomic E-state index is -3.95. The third-order valence-electron chi connectivity index (χ3n) is 5.06. The molecule has 1 saturated heterocycles. The number of nitro benzene ring substituents is 1. The highest BCUT2D eigenvalue weighted by Crippen LogP contribution is 2.25. The average Bonchev–Trinajstić information content (AvgIpc) is 3.29. The largest absolute Gasteiger partial charge is 0.355 e. The third kappa shape index (κ3) is 4.09. The van der Waals surface area contributed by atoms with E-state index in [4.69, 9.17) is 4.52 Å². The van der Waals surface area contributed by atoms with E-state index in [2.05, 4.69) is 5.16 Å². The quantitative estimate of drug-likeness (QED) is 0.423. The Kier molecular flexibility index (Phi) is 5.72. The summed E-state index contributed by atoms with van der Waals surface area (Å²) in [5, 5.41) is 14.7.